The molecule has 4 N–H and O–H groups in total. The topological polar surface area (TPSA) is 105 Å². The number of benzene rings is 1. The molecule has 0 amide bonds. The summed E-state index contributed by atoms with van der Waals surface area (Å²) in [6.07, 6.45) is 1.56. The Labute approximate surface area is 133 Å². The quantitative estimate of drug-likeness (QED) is 0.721. The maximum absolute atomic E-state index is 12.0. The number of carbonyl (C=O) groups excluding carboxylic acids is 1. The molecule has 0 bridgehead atoms. The van der Waals surface area contributed by atoms with Crippen LogP contribution in [0.5, 0.6) is 0 Å². The van der Waals surface area contributed by atoms with E-state index in [1.807, 2.05) is 24.3 Å². The normalized spacial score (nSPS) is 13.4. The molecule has 0 unspecified atom stereocenters. The highest BCUT2D eigenvalue weighted by Gasteiger charge is 2.22. The van der Waals surface area contributed by atoms with Crippen molar-refractivity contribution in [2.24, 2.45) is 0 Å². The molecule has 3 rings (SSSR count). The Bertz CT molecular complexity index is 804. The number of rotatable bonds is 2. The summed E-state index contributed by atoms with van der Waals surface area (Å²) >= 11 is 0. The van der Waals surface area contributed by atoms with Crippen LogP contribution in [0.4, 0.5) is 11.4 Å². The fourth-order valence-corrected chi connectivity index (χ4v) is 2.68. The summed E-state index contributed by atoms with van der Waals surface area (Å²) in [5, 5.41) is 15.8. The summed E-state index contributed by atoms with van der Waals surface area (Å²) in [7, 11) is 1.29. The molecular weight excluding hydrogens is 294 g/mol. The van der Waals surface area contributed by atoms with Gasteiger partial charge in [0.05, 0.1) is 18.4 Å². The largest absolute Gasteiger partial charge is 0.464 e. The molecule has 0 saturated carbocycles. The van der Waals surface area contributed by atoms with E-state index in [9.17, 15) is 10.1 Å². The lowest BCUT2D eigenvalue weighted by Crippen LogP contribution is -2.16. The van der Waals surface area contributed by atoms with Gasteiger partial charge < -0.3 is 25.7 Å². The number of nitrogens with two attached hydrogens (primary N) is 1. The molecule has 0 spiro atoms. The maximum Gasteiger partial charge on any atom is 0.357 e. The third-order valence-corrected chi connectivity index (χ3v) is 3.84. The second-order valence-electron chi connectivity index (χ2n) is 5.22. The minimum atomic E-state index is -0.574. The molecule has 1 aromatic heterocycles. The van der Waals surface area contributed by atoms with Crippen LogP contribution in [-0.4, -0.2) is 30.7 Å². The molecule has 0 saturated heterocycles. The molecule has 1 aliphatic heterocycles. The highest BCUT2D eigenvalue weighted by Crippen LogP contribution is 2.27. The van der Waals surface area contributed by atoms with Gasteiger partial charge in [0.25, 0.3) is 0 Å². The minimum Gasteiger partial charge on any atom is -0.464 e. The van der Waals surface area contributed by atoms with Gasteiger partial charge in [0.1, 0.15) is 6.07 Å². The standard InChI is InChI=1S/C16H17N5O2/c1-23-16(22)15-14(18)11(7-17)9-21(15)12-2-3-13-10(6-12)8-19-4-5-20-13/h2-3,6,9,19-20H,4-5,8,18H2,1H3. The number of carbonyl (C=O) groups is 1. The third-order valence-electron chi connectivity index (χ3n) is 3.84. The predicted octanol–water partition coefficient (Wildman–Crippen LogP) is 1.23. The number of ether oxygens (including phenoxy) is 1. The number of nitrogen functional groups attached to an aromatic ring is 1. The number of hydrogen-bond acceptors (Lipinski definition) is 6. The van der Waals surface area contributed by atoms with Gasteiger partial charge in [-0.05, 0) is 23.8 Å². The zero-order chi connectivity index (χ0) is 16.4. The maximum atomic E-state index is 12.0. The van der Waals surface area contributed by atoms with Gasteiger partial charge >= 0.3 is 5.97 Å². The third kappa shape index (κ3) is 2.60. The first-order valence-corrected chi connectivity index (χ1v) is 7.23. The first-order valence-electron chi connectivity index (χ1n) is 7.23. The van der Waals surface area contributed by atoms with Crippen LogP contribution >= 0.6 is 0 Å². The molecule has 0 fully saturated rings. The summed E-state index contributed by atoms with van der Waals surface area (Å²) in [5.41, 5.74) is 9.36. The van der Waals surface area contributed by atoms with E-state index in [1.165, 1.54) is 7.11 Å². The molecule has 0 atom stereocenters. The van der Waals surface area contributed by atoms with E-state index >= 15 is 0 Å². The molecule has 2 aromatic rings. The number of hydrogen-bond donors (Lipinski definition) is 3. The lowest BCUT2D eigenvalue weighted by atomic mass is 10.1. The summed E-state index contributed by atoms with van der Waals surface area (Å²) < 4.78 is 6.40. The number of nitrogens with zero attached hydrogens (tertiary/aromatic N) is 2. The molecule has 7 nitrogen and oxygen atoms in total. The highest BCUT2D eigenvalue weighted by molar-refractivity contribution is 5.96. The van der Waals surface area contributed by atoms with Crippen molar-refractivity contribution in [3.05, 3.63) is 41.2 Å². The van der Waals surface area contributed by atoms with Crippen molar-refractivity contribution in [1.29, 1.82) is 5.26 Å². The van der Waals surface area contributed by atoms with Crippen molar-refractivity contribution < 1.29 is 9.53 Å². The molecule has 23 heavy (non-hydrogen) atoms. The van der Waals surface area contributed by atoms with Crippen LogP contribution in [0.25, 0.3) is 5.69 Å². The summed E-state index contributed by atoms with van der Waals surface area (Å²) in [6, 6.07) is 7.80. The Morgan fingerprint density at radius 1 is 1.43 bits per heavy atom. The van der Waals surface area contributed by atoms with Crippen LogP contribution in [0.15, 0.2) is 24.4 Å². The number of nitriles is 1. The van der Waals surface area contributed by atoms with Crippen LogP contribution in [0.3, 0.4) is 0 Å². The van der Waals surface area contributed by atoms with Gasteiger partial charge in [-0.15, -0.1) is 0 Å². The second-order valence-corrected chi connectivity index (χ2v) is 5.22. The smallest absolute Gasteiger partial charge is 0.357 e. The lowest BCUT2D eigenvalue weighted by Gasteiger charge is -2.12. The Morgan fingerprint density at radius 2 is 2.26 bits per heavy atom. The van der Waals surface area contributed by atoms with Crippen molar-refractivity contribution in [2.45, 2.75) is 6.54 Å². The second kappa shape index (κ2) is 6.02. The van der Waals surface area contributed by atoms with E-state index in [1.54, 1.807) is 10.8 Å². The summed E-state index contributed by atoms with van der Waals surface area (Å²) in [4.78, 5) is 12.0. The summed E-state index contributed by atoms with van der Waals surface area (Å²) in [5.74, 6) is -0.574. The molecule has 0 aliphatic carbocycles. The van der Waals surface area contributed by atoms with Crippen LogP contribution in [0, 0.1) is 11.3 Å². The van der Waals surface area contributed by atoms with E-state index in [0.717, 1.165) is 36.6 Å². The van der Waals surface area contributed by atoms with Crippen LogP contribution in [0.2, 0.25) is 0 Å². The number of methoxy groups -OCH3 is 1. The van der Waals surface area contributed by atoms with Crippen molar-refractivity contribution in [3.63, 3.8) is 0 Å². The first kappa shape index (κ1) is 14.9. The van der Waals surface area contributed by atoms with Gasteiger partial charge in [0, 0.05) is 37.2 Å². The SMILES string of the molecule is COC(=O)c1c(N)c(C#N)cn1-c1ccc2c(c1)CNCCN2. The Morgan fingerprint density at radius 3 is 3.00 bits per heavy atom. The van der Waals surface area contributed by atoms with Crippen molar-refractivity contribution in [2.75, 3.05) is 31.2 Å². The van der Waals surface area contributed by atoms with E-state index < -0.39 is 5.97 Å². The average molecular weight is 311 g/mol. The lowest BCUT2D eigenvalue weighted by molar-refractivity contribution is 0.0593. The monoisotopic (exact) mass is 311 g/mol. The number of fused-ring (bicyclic) bond motifs is 1. The van der Waals surface area contributed by atoms with Crippen molar-refractivity contribution in [1.82, 2.24) is 9.88 Å². The Hall–Kier alpha value is -2.98. The molecule has 118 valence electrons. The number of esters is 1. The van der Waals surface area contributed by atoms with Crippen LogP contribution in [-0.2, 0) is 11.3 Å². The predicted molar refractivity (Wildman–Crippen MR) is 86.4 cm³/mol. The van der Waals surface area contributed by atoms with Gasteiger partial charge in [0.2, 0.25) is 0 Å². The van der Waals surface area contributed by atoms with Gasteiger partial charge in [0.15, 0.2) is 5.69 Å². The van der Waals surface area contributed by atoms with E-state index in [4.69, 9.17) is 10.5 Å². The Balaban J connectivity index is 2.13. The van der Waals surface area contributed by atoms with Gasteiger partial charge in [-0.1, -0.05) is 0 Å². The van der Waals surface area contributed by atoms with E-state index in [2.05, 4.69) is 10.6 Å². The molecule has 1 aromatic carbocycles. The van der Waals surface area contributed by atoms with Crippen LogP contribution < -0.4 is 16.4 Å². The number of nitrogens with one attached hydrogen (secondary N) is 2. The average Bonchev–Trinajstić information content (AvgIpc) is 2.75. The molecule has 0 radical (unpaired) electrons. The highest BCUT2D eigenvalue weighted by atomic mass is 16.5. The number of anilines is 2. The summed E-state index contributed by atoms with van der Waals surface area (Å²) in [6.45, 7) is 2.47. The van der Waals surface area contributed by atoms with Crippen molar-refractivity contribution in [3.8, 4) is 11.8 Å². The van der Waals surface area contributed by atoms with Gasteiger partial charge in [-0.3, -0.25) is 0 Å². The Kier molecular flexibility index (Phi) is 3.91. The van der Waals surface area contributed by atoms with Crippen molar-refractivity contribution >= 4 is 17.3 Å². The van der Waals surface area contributed by atoms with E-state index in [0.29, 0.717) is 0 Å². The van der Waals surface area contributed by atoms with Gasteiger partial charge in [-0.2, -0.15) is 5.26 Å². The molecular formula is C16H17N5O2. The molecule has 2 heterocycles. The fourth-order valence-electron chi connectivity index (χ4n) is 2.68. The van der Waals surface area contributed by atoms with Gasteiger partial charge in [-0.25, -0.2) is 4.79 Å². The zero-order valence-corrected chi connectivity index (χ0v) is 12.7. The zero-order valence-electron chi connectivity index (χ0n) is 12.7. The fraction of sp³-hybridized carbons (Fsp3) is 0.250. The van der Waals surface area contributed by atoms with Crippen LogP contribution in [0.1, 0.15) is 21.6 Å². The molecule has 7 heteroatoms. The minimum absolute atomic E-state index is 0.130. The molecule has 1 aliphatic rings. The number of aromatic nitrogens is 1. The van der Waals surface area contributed by atoms with E-state index in [-0.39, 0.29) is 16.9 Å². The first-order chi connectivity index (χ1) is 11.2.